The first-order chi connectivity index (χ1) is 8.11. The van der Waals surface area contributed by atoms with Gasteiger partial charge in [0.15, 0.2) is 5.69 Å². The van der Waals surface area contributed by atoms with Crippen molar-refractivity contribution in [3.8, 4) is 16.6 Å². The van der Waals surface area contributed by atoms with Crippen LogP contribution in [-0.4, -0.2) is 16.1 Å². The molecule has 0 saturated heterocycles. The normalized spacial score (nSPS) is 9.88. The Morgan fingerprint density at radius 3 is 2.82 bits per heavy atom. The Morgan fingerprint density at radius 1 is 1.53 bits per heavy atom. The third kappa shape index (κ3) is 2.14. The Labute approximate surface area is 99.6 Å². The van der Waals surface area contributed by atoms with E-state index < -0.39 is 11.8 Å². The maximum atomic E-state index is 13.0. The zero-order valence-corrected chi connectivity index (χ0v) is 9.16. The summed E-state index contributed by atoms with van der Waals surface area (Å²) in [5, 5.41) is 17.9. The molecule has 0 unspecified atom stereocenters. The number of halogens is 1. The molecule has 0 atom stereocenters. The Kier molecular flexibility index (Phi) is 2.85. The van der Waals surface area contributed by atoms with Crippen molar-refractivity contribution in [1.82, 2.24) is 4.98 Å². The zero-order valence-electron chi connectivity index (χ0n) is 8.35. The average molecular weight is 248 g/mol. The van der Waals surface area contributed by atoms with Gasteiger partial charge in [0.1, 0.15) is 21.8 Å². The van der Waals surface area contributed by atoms with Crippen LogP contribution < -0.4 is 0 Å². The quantitative estimate of drug-likeness (QED) is 0.886. The minimum absolute atomic E-state index is 0.0109. The summed E-state index contributed by atoms with van der Waals surface area (Å²) in [6.45, 7) is 0. The van der Waals surface area contributed by atoms with E-state index in [2.05, 4.69) is 4.98 Å². The highest BCUT2D eigenvalue weighted by atomic mass is 32.1. The van der Waals surface area contributed by atoms with Gasteiger partial charge in [0.05, 0.1) is 0 Å². The number of hydrogen-bond acceptors (Lipinski definition) is 4. The summed E-state index contributed by atoms with van der Waals surface area (Å²) in [7, 11) is 0. The molecule has 0 amide bonds. The van der Waals surface area contributed by atoms with Gasteiger partial charge in [0.25, 0.3) is 0 Å². The van der Waals surface area contributed by atoms with Gasteiger partial charge in [-0.05, 0) is 12.1 Å². The van der Waals surface area contributed by atoms with E-state index in [4.69, 9.17) is 10.4 Å². The van der Waals surface area contributed by atoms with Crippen LogP contribution in [0.1, 0.15) is 15.4 Å². The van der Waals surface area contributed by atoms with Gasteiger partial charge in [0.2, 0.25) is 0 Å². The summed E-state index contributed by atoms with van der Waals surface area (Å²) in [6.07, 6.45) is 0. The molecule has 1 heterocycles. The van der Waals surface area contributed by atoms with Crippen molar-refractivity contribution in [3.63, 3.8) is 0 Å². The molecule has 0 aliphatic heterocycles. The maximum Gasteiger partial charge on any atom is 0.356 e. The van der Waals surface area contributed by atoms with Crippen molar-refractivity contribution in [1.29, 1.82) is 5.26 Å². The number of benzene rings is 1. The first-order valence-corrected chi connectivity index (χ1v) is 5.33. The maximum absolute atomic E-state index is 13.0. The first-order valence-electron chi connectivity index (χ1n) is 4.52. The van der Waals surface area contributed by atoms with E-state index in [0.29, 0.717) is 10.6 Å². The number of nitrogens with zero attached hydrogens (tertiary/aromatic N) is 2. The Morgan fingerprint density at radius 2 is 2.29 bits per heavy atom. The molecule has 2 aromatic rings. The minimum Gasteiger partial charge on any atom is -0.476 e. The van der Waals surface area contributed by atoms with Crippen LogP contribution in [0, 0.1) is 17.1 Å². The average Bonchev–Trinajstić information content (AvgIpc) is 2.73. The molecule has 0 bridgehead atoms. The molecule has 1 N–H and O–H groups in total. The number of hydrogen-bond donors (Lipinski definition) is 1. The lowest BCUT2D eigenvalue weighted by atomic mass is 10.2. The summed E-state index contributed by atoms with van der Waals surface area (Å²) in [5.74, 6) is -1.70. The van der Waals surface area contributed by atoms with Crippen LogP contribution in [0.3, 0.4) is 0 Å². The SMILES string of the molecule is N#Cc1sc(-c2cccc(F)c2)nc1C(=O)O. The molecule has 0 fully saturated rings. The van der Waals surface area contributed by atoms with Gasteiger partial charge in [0, 0.05) is 5.56 Å². The van der Waals surface area contributed by atoms with Crippen molar-refractivity contribution in [2.75, 3.05) is 0 Å². The smallest absolute Gasteiger partial charge is 0.356 e. The van der Waals surface area contributed by atoms with Gasteiger partial charge in [-0.2, -0.15) is 5.26 Å². The number of thiazole rings is 1. The van der Waals surface area contributed by atoms with Crippen LogP contribution in [-0.2, 0) is 0 Å². The molecule has 17 heavy (non-hydrogen) atoms. The van der Waals surface area contributed by atoms with Gasteiger partial charge >= 0.3 is 5.97 Å². The Balaban J connectivity index is 2.55. The lowest BCUT2D eigenvalue weighted by Gasteiger charge is -1.94. The Bertz CT molecular complexity index is 631. The van der Waals surface area contributed by atoms with Crippen LogP contribution in [0.2, 0.25) is 0 Å². The van der Waals surface area contributed by atoms with E-state index in [0.717, 1.165) is 11.3 Å². The molecule has 1 aromatic carbocycles. The topological polar surface area (TPSA) is 74.0 Å². The third-order valence-corrected chi connectivity index (χ3v) is 3.01. The number of carboxylic acids is 1. The molecular weight excluding hydrogens is 243 g/mol. The monoisotopic (exact) mass is 248 g/mol. The lowest BCUT2D eigenvalue weighted by molar-refractivity contribution is 0.0691. The highest BCUT2D eigenvalue weighted by molar-refractivity contribution is 7.15. The fourth-order valence-electron chi connectivity index (χ4n) is 1.29. The molecule has 0 saturated carbocycles. The Hall–Kier alpha value is -2.26. The second kappa shape index (κ2) is 4.31. The van der Waals surface area contributed by atoms with Gasteiger partial charge in [-0.15, -0.1) is 11.3 Å². The summed E-state index contributed by atoms with van der Waals surface area (Å²) >= 11 is 0.930. The van der Waals surface area contributed by atoms with Crippen molar-refractivity contribution in [2.24, 2.45) is 0 Å². The summed E-state index contributed by atoms with van der Waals surface area (Å²) in [6, 6.07) is 7.39. The van der Waals surface area contributed by atoms with Gasteiger partial charge in [-0.25, -0.2) is 14.2 Å². The molecule has 4 nitrogen and oxygen atoms in total. The molecule has 1 aromatic heterocycles. The molecule has 0 radical (unpaired) electrons. The number of aromatic carboxylic acids is 1. The van der Waals surface area contributed by atoms with Crippen LogP contribution in [0.25, 0.3) is 10.6 Å². The lowest BCUT2D eigenvalue weighted by Crippen LogP contribution is -1.98. The summed E-state index contributed by atoms with van der Waals surface area (Å²) in [5.41, 5.74) is 0.163. The number of aromatic nitrogens is 1. The molecular formula is C11H5FN2O2S. The highest BCUT2D eigenvalue weighted by Gasteiger charge is 2.18. The van der Waals surface area contributed by atoms with E-state index in [-0.39, 0.29) is 10.6 Å². The van der Waals surface area contributed by atoms with Gasteiger partial charge < -0.3 is 5.11 Å². The largest absolute Gasteiger partial charge is 0.476 e. The number of carboxylic acid groups (broad SMARTS) is 1. The van der Waals surface area contributed by atoms with Crippen molar-refractivity contribution in [3.05, 3.63) is 40.7 Å². The van der Waals surface area contributed by atoms with Crippen molar-refractivity contribution in [2.45, 2.75) is 0 Å². The third-order valence-electron chi connectivity index (χ3n) is 2.00. The van der Waals surface area contributed by atoms with E-state index in [1.165, 1.54) is 18.2 Å². The van der Waals surface area contributed by atoms with Gasteiger partial charge in [-0.1, -0.05) is 12.1 Å². The molecule has 84 valence electrons. The minimum atomic E-state index is -1.26. The van der Waals surface area contributed by atoms with Crippen molar-refractivity contribution >= 4 is 17.3 Å². The van der Waals surface area contributed by atoms with Gasteiger partial charge in [-0.3, -0.25) is 0 Å². The molecule has 6 heteroatoms. The summed E-state index contributed by atoms with van der Waals surface area (Å²) < 4.78 is 13.0. The summed E-state index contributed by atoms with van der Waals surface area (Å²) in [4.78, 5) is 14.6. The van der Waals surface area contributed by atoms with Crippen LogP contribution >= 0.6 is 11.3 Å². The number of carbonyl (C=O) groups is 1. The zero-order chi connectivity index (χ0) is 12.4. The van der Waals surface area contributed by atoms with E-state index in [1.807, 2.05) is 0 Å². The van der Waals surface area contributed by atoms with E-state index in [1.54, 1.807) is 12.1 Å². The molecule has 0 spiro atoms. The van der Waals surface area contributed by atoms with Crippen LogP contribution in [0.15, 0.2) is 24.3 Å². The number of rotatable bonds is 2. The fourth-order valence-corrected chi connectivity index (χ4v) is 2.14. The second-order valence-corrected chi connectivity index (χ2v) is 4.12. The van der Waals surface area contributed by atoms with Crippen LogP contribution in [0.4, 0.5) is 4.39 Å². The van der Waals surface area contributed by atoms with Crippen molar-refractivity contribution < 1.29 is 14.3 Å². The van der Waals surface area contributed by atoms with E-state index >= 15 is 0 Å². The second-order valence-electron chi connectivity index (χ2n) is 3.12. The predicted molar refractivity (Wildman–Crippen MR) is 59.2 cm³/mol. The number of nitriles is 1. The van der Waals surface area contributed by atoms with E-state index in [9.17, 15) is 9.18 Å². The first kappa shape index (κ1) is 11.2. The molecule has 0 aliphatic rings. The molecule has 2 rings (SSSR count). The molecule has 0 aliphatic carbocycles. The standard InChI is InChI=1S/C11H5FN2O2S/c12-7-3-1-2-6(4-7)10-14-9(11(15)16)8(5-13)17-10/h1-4H,(H,15,16). The highest BCUT2D eigenvalue weighted by Crippen LogP contribution is 2.28. The predicted octanol–water partition coefficient (Wildman–Crippen LogP) is 2.52. The van der Waals surface area contributed by atoms with Crippen LogP contribution in [0.5, 0.6) is 0 Å². The fraction of sp³-hybridized carbons (Fsp3) is 0.